The van der Waals surface area contributed by atoms with Crippen molar-refractivity contribution in [1.29, 1.82) is 0 Å². The van der Waals surface area contributed by atoms with Crippen LogP contribution in [-0.2, 0) is 17.9 Å². The molecule has 0 spiro atoms. The van der Waals surface area contributed by atoms with Crippen molar-refractivity contribution in [1.82, 2.24) is 4.90 Å². The summed E-state index contributed by atoms with van der Waals surface area (Å²) in [7, 11) is 1.57. The van der Waals surface area contributed by atoms with Crippen LogP contribution in [-0.4, -0.2) is 30.4 Å². The van der Waals surface area contributed by atoms with Gasteiger partial charge in [0.15, 0.2) is 6.61 Å². The molecular weight excluding hydrogens is 468 g/mol. The summed E-state index contributed by atoms with van der Waals surface area (Å²) in [5, 5.41) is 6.80. The predicted molar refractivity (Wildman–Crippen MR) is 136 cm³/mol. The van der Waals surface area contributed by atoms with Gasteiger partial charge in [0.05, 0.1) is 20.2 Å². The maximum atomic E-state index is 13.3. The summed E-state index contributed by atoms with van der Waals surface area (Å²) in [6.45, 7) is 0.960. The molecule has 0 radical (unpaired) electrons. The first-order valence-corrected chi connectivity index (χ1v) is 12.4. The Morgan fingerprint density at radius 1 is 0.853 bits per heavy atom. The van der Waals surface area contributed by atoms with Gasteiger partial charge in [-0.2, -0.15) is 0 Å². The van der Waals surface area contributed by atoms with Crippen LogP contribution in [0.1, 0.15) is 20.1 Å². The molecule has 4 aromatic rings. The standard InChI is InChI=1S/C26H24N2O4S2/c1-31-22-6-2-5-20(15-22)27-25(29)18-32-21-11-9-19(10-12-21)26(30)28(16-23-7-3-13-33-23)17-24-8-4-14-34-24/h2-15H,16-18H2,1H3,(H,27,29). The van der Waals surface area contributed by atoms with Gasteiger partial charge >= 0.3 is 0 Å². The number of rotatable bonds is 10. The molecule has 8 heteroatoms. The SMILES string of the molecule is COc1cccc(NC(=O)COc2ccc(C(=O)N(Cc3cccs3)Cc3cccs3)cc2)c1. The summed E-state index contributed by atoms with van der Waals surface area (Å²) in [5.41, 5.74) is 1.20. The third-order valence-corrected chi connectivity index (χ3v) is 6.69. The maximum Gasteiger partial charge on any atom is 0.262 e. The topological polar surface area (TPSA) is 67.9 Å². The fraction of sp³-hybridized carbons (Fsp3) is 0.154. The van der Waals surface area contributed by atoms with Gasteiger partial charge in [0, 0.05) is 27.1 Å². The molecular formula is C26H24N2O4S2. The molecule has 0 aliphatic carbocycles. The van der Waals surface area contributed by atoms with Crippen molar-refractivity contribution in [3.8, 4) is 11.5 Å². The number of hydrogen-bond acceptors (Lipinski definition) is 6. The molecule has 2 amide bonds. The van der Waals surface area contributed by atoms with Crippen molar-refractivity contribution in [3.63, 3.8) is 0 Å². The first kappa shape index (κ1) is 23.5. The fourth-order valence-electron chi connectivity index (χ4n) is 3.30. The maximum absolute atomic E-state index is 13.3. The van der Waals surface area contributed by atoms with Crippen LogP contribution in [0.25, 0.3) is 0 Å². The highest BCUT2D eigenvalue weighted by Crippen LogP contribution is 2.21. The van der Waals surface area contributed by atoms with Gasteiger partial charge in [-0.1, -0.05) is 18.2 Å². The number of carbonyl (C=O) groups excluding carboxylic acids is 2. The van der Waals surface area contributed by atoms with Crippen molar-refractivity contribution in [2.75, 3.05) is 19.0 Å². The molecule has 0 aliphatic heterocycles. The van der Waals surface area contributed by atoms with E-state index >= 15 is 0 Å². The monoisotopic (exact) mass is 492 g/mol. The largest absolute Gasteiger partial charge is 0.497 e. The summed E-state index contributed by atoms with van der Waals surface area (Å²) < 4.78 is 10.8. The van der Waals surface area contributed by atoms with Gasteiger partial charge in [-0.25, -0.2) is 0 Å². The van der Waals surface area contributed by atoms with E-state index in [9.17, 15) is 9.59 Å². The van der Waals surface area contributed by atoms with E-state index in [0.29, 0.717) is 35.8 Å². The van der Waals surface area contributed by atoms with E-state index in [1.807, 2.05) is 39.9 Å². The smallest absolute Gasteiger partial charge is 0.262 e. The van der Waals surface area contributed by atoms with Crippen molar-refractivity contribution < 1.29 is 19.1 Å². The van der Waals surface area contributed by atoms with E-state index in [4.69, 9.17) is 9.47 Å². The summed E-state index contributed by atoms with van der Waals surface area (Å²) in [6, 6.07) is 22.0. The highest BCUT2D eigenvalue weighted by molar-refractivity contribution is 7.10. The molecule has 0 aliphatic rings. The number of benzene rings is 2. The number of ether oxygens (including phenoxy) is 2. The first-order chi connectivity index (χ1) is 16.6. The Morgan fingerprint density at radius 3 is 2.12 bits per heavy atom. The molecule has 0 saturated heterocycles. The molecule has 2 aromatic carbocycles. The van der Waals surface area contributed by atoms with Crippen molar-refractivity contribution in [2.24, 2.45) is 0 Å². The zero-order valence-electron chi connectivity index (χ0n) is 18.6. The van der Waals surface area contributed by atoms with Gasteiger partial charge in [-0.05, 0) is 59.3 Å². The Hall–Kier alpha value is -3.62. The van der Waals surface area contributed by atoms with E-state index in [2.05, 4.69) is 5.32 Å². The van der Waals surface area contributed by atoms with Gasteiger partial charge in [0.25, 0.3) is 11.8 Å². The van der Waals surface area contributed by atoms with E-state index in [0.717, 1.165) is 9.75 Å². The van der Waals surface area contributed by atoms with Gasteiger partial charge in [0.2, 0.25) is 0 Å². The van der Waals surface area contributed by atoms with Gasteiger partial charge < -0.3 is 19.7 Å². The number of nitrogens with one attached hydrogen (secondary N) is 1. The van der Waals surface area contributed by atoms with Crippen molar-refractivity contribution in [2.45, 2.75) is 13.1 Å². The second-order valence-electron chi connectivity index (χ2n) is 7.41. The van der Waals surface area contributed by atoms with E-state index in [1.54, 1.807) is 78.3 Å². The minimum Gasteiger partial charge on any atom is -0.497 e. The van der Waals surface area contributed by atoms with Crippen LogP contribution in [0.4, 0.5) is 5.69 Å². The molecule has 0 unspecified atom stereocenters. The van der Waals surface area contributed by atoms with E-state index in [-0.39, 0.29) is 18.4 Å². The van der Waals surface area contributed by atoms with Crippen LogP contribution in [0.5, 0.6) is 11.5 Å². The molecule has 1 N–H and O–H groups in total. The number of methoxy groups -OCH3 is 1. The highest BCUT2D eigenvalue weighted by atomic mass is 32.1. The zero-order chi connectivity index (χ0) is 23.8. The lowest BCUT2D eigenvalue weighted by atomic mass is 10.2. The minimum atomic E-state index is -0.286. The third kappa shape index (κ3) is 6.46. The Kier molecular flexibility index (Phi) is 7.95. The average Bonchev–Trinajstić information content (AvgIpc) is 3.57. The molecule has 0 saturated carbocycles. The summed E-state index contributed by atoms with van der Waals surface area (Å²) >= 11 is 3.27. The molecule has 2 aromatic heterocycles. The molecule has 0 fully saturated rings. The molecule has 0 atom stereocenters. The average molecular weight is 493 g/mol. The van der Waals surface area contributed by atoms with Crippen LogP contribution in [0.2, 0.25) is 0 Å². The van der Waals surface area contributed by atoms with Crippen LogP contribution >= 0.6 is 22.7 Å². The van der Waals surface area contributed by atoms with E-state index in [1.165, 1.54) is 0 Å². The molecule has 0 bridgehead atoms. The Morgan fingerprint density at radius 2 is 1.53 bits per heavy atom. The van der Waals surface area contributed by atoms with Gasteiger partial charge in [0.1, 0.15) is 11.5 Å². The lowest BCUT2D eigenvalue weighted by Gasteiger charge is -2.22. The minimum absolute atomic E-state index is 0.0517. The lowest BCUT2D eigenvalue weighted by molar-refractivity contribution is -0.118. The number of anilines is 1. The molecule has 34 heavy (non-hydrogen) atoms. The van der Waals surface area contributed by atoms with Crippen LogP contribution in [0.3, 0.4) is 0 Å². The Balaban J connectivity index is 1.36. The quantitative estimate of drug-likeness (QED) is 0.309. The lowest BCUT2D eigenvalue weighted by Crippen LogP contribution is -2.29. The summed E-state index contributed by atoms with van der Waals surface area (Å²) in [5.74, 6) is 0.835. The number of hydrogen-bond donors (Lipinski definition) is 1. The van der Waals surface area contributed by atoms with Gasteiger partial charge in [-0.3, -0.25) is 9.59 Å². The number of nitrogens with zero attached hydrogens (tertiary/aromatic N) is 1. The Labute approximate surface area is 206 Å². The third-order valence-electron chi connectivity index (χ3n) is 4.97. The summed E-state index contributed by atoms with van der Waals surface area (Å²) in [6.07, 6.45) is 0. The predicted octanol–water partition coefficient (Wildman–Crippen LogP) is 5.68. The molecule has 174 valence electrons. The van der Waals surface area contributed by atoms with Gasteiger partial charge in [-0.15, -0.1) is 22.7 Å². The Bertz CT molecular complexity index is 1170. The van der Waals surface area contributed by atoms with Crippen molar-refractivity contribution in [3.05, 3.63) is 98.9 Å². The van der Waals surface area contributed by atoms with E-state index < -0.39 is 0 Å². The molecule has 2 heterocycles. The highest BCUT2D eigenvalue weighted by Gasteiger charge is 2.18. The number of amides is 2. The van der Waals surface area contributed by atoms with Crippen LogP contribution in [0, 0.1) is 0 Å². The zero-order valence-corrected chi connectivity index (χ0v) is 20.2. The second kappa shape index (κ2) is 11.5. The molecule has 6 nitrogen and oxygen atoms in total. The molecule has 4 rings (SSSR count). The summed E-state index contributed by atoms with van der Waals surface area (Å²) in [4.78, 5) is 29.6. The van der Waals surface area contributed by atoms with Crippen LogP contribution in [0.15, 0.2) is 83.6 Å². The first-order valence-electron chi connectivity index (χ1n) is 10.6. The number of carbonyl (C=O) groups is 2. The second-order valence-corrected chi connectivity index (χ2v) is 9.48. The van der Waals surface area contributed by atoms with Crippen molar-refractivity contribution >= 4 is 40.2 Å². The fourth-order valence-corrected chi connectivity index (χ4v) is 4.74. The normalized spacial score (nSPS) is 10.5. The van der Waals surface area contributed by atoms with Crippen LogP contribution < -0.4 is 14.8 Å². The number of thiophene rings is 2.